The number of halogens is 3. The van der Waals surface area contributed by atoms with Crippen molar-refractivity contribution in [2.24, 2.45) is 7.05 Å². The van der Waals surface area contributed by atoms with Crippen molar-refractivity contribution < 1.29 is 32.6 Å². The fourth-order valence-electron chi connectivity index (χ4n) is 4.18. The van der Waals surface area contributed by atoms with Gasteiger partial charge in [0.15, 0.2) is 0 Å². The van der Waals surface area contributed by atoms with Gasteiger partial charge in [0.1, 0.15) is 5.75 Å². The number of alkyl halides is 3. The minimum absolute atomic E-state index is 0.223. The topological polar surface area (TPSA) is 87.9 Å². The van der Waals surface area contributed by atoms with Crippen molar-refractivity contribution in [3.05, 3.63) is 42.2 Å². The van der Waals surface area contributed by atoms with Crippen LogP contribution in [0.4, 0.5) is 18.9 Å². The molecule has 1 aromatic heterocycles. The second-order valence-corrected chi connectivity index (χ2v) is 7.72. The number of likely N-dealkylation sites (tertiary alicyclic amines) is 1. The molecule has 4 rings (SSSR count). The Hall–Kier alpha value is -3.08. The van der Waals surface area contributed by atoms with Gasteiger partial charge in [-0.05, 0) is 30.5 Å². The zero-order chi connectivity index (χ0) is 23.5. The molecule has 1 aromatic carbocycles. The highest BCUT2D eigenvalue weighted by Gasteiger charge is 2.43. The number of carbonyl (C=O) groups is 2. The van der Waals surface area contributed by atoms with Crippen LogP contribution in [0.5, 0.6) is 5.75 Å². The maximum absolute atomic E-state index is 12.5. The predicted molar refractivity (Wildman–Crippen MR) is 109 cm³/mol. The second kappa shape index (κ2) is 9.60. The number of hydrogen-bond donors (Lipinski definition) is 1. The molecule has 2 fully saturated rings. The van der Waals surface area contributed by atoms with Crippen LogP contribution in [0, 0.1) is 0 Å². The van der Waals surface area contributed by atoms with Gasteiger partial charge in [0.2, 0.25) is 5.91 Å². The third kappa shape index (κ3) is 5.39. The SMILES string of the molecule is COc1ccc(CN2CC[C@@H]3[C@H]2CCC(=O)N3c2cnn(C)c2)cc1.O=C(O)C(F)(F)F. The number of amides is 1. The molecule has 3 heterocycles. The third-order valence-corrected chi connectivity index (χ3v) is 5.64. The Morgan fingerprint density at radius 1 is 1.22 bits per heavy atom. The smallest absolute Gasteiger partial charge is 0.490 e. The van der Waals surface area contributed by atoms with Crippen LogP contribution in [0.2, 0.25) is 0 Å². The Labute approximate surface area is 183 Å². The molecule has 32 heavy (non-hydrogen) atoms. The summed E-state index contributed by atoms with van der Waals surface area (Å²) in [5.74, 6) is -1.65. The molecular weight excluding hydrogens is 429 g/mol. The van der Waals surface area contributed by atoms with E-state index in [0.717, 1.165) is 37.4 Å². The Balaban J connectivity index is 0.000000360. The number of nitrogens with zero attached hydrogens (tertiary/aromatic N) is 4. The molecule has 1 N–H and O–H groups in total. The number of aliphatic carboxylic acids is 1. The summed E-state index contributed by atoms with van der Waals surface area (Å²) in [5, 5.41) is 11.4. The number of carboxylic acid groups (broad SMARTS) is 1. The van der Waals surface area contributed by atoms with Crippen molar-refractivity contribution in [1.82, 2.24) is 14.7 Å². The number of hydrogen-bond acceptors (Lipinski definition) is 5. The molecule has 2 aromatic rings. The van der Waals surface area contributed by atoms with E-state index in [0.29, 0.717) is 12.5 Å². The molecule has 11 heteroatoms. The van der Waals surface area contributed by atoms with Gasteiger partial charge in [-0.1, -0.05) is 12.1 Å². The summed E-state index contributed by atoms with van der Waals surface area (Å²) in [5.41, 5.74) is 2.21. The molecule has 0 saturated carbocycles. The molecule has 0 spiro atoms. The van der Waals surface area contributed by atoms with Crippen molar-refractivity contribution in [2.45, 2.75) is 44.1 Å². The highest BCUT2D eigenvalue weighted by atomic mass is 19.4. The van der Waals surface area contributed by atoms with Gasteiger partial charge >= 0.3 is 12.1 Å². The summed E-state index contributed by atoms with van der Waals surface area (Å²) in [6.45, 7) is 1.94. The molecule has 1 amide bonds. The molecule has 0 bridgehead atoms. The Bertz CT molecular complexity index is 945. The molecule has 0 aliphatic carbocycles. The van der Waals surface area contributed by atoms with Crippen molar-refractivity contribution in [3.63, 3.8) is 0 Å². The molecule has 2 aliphatic heterocycles. The zero-order valence-electron chi connectivity index (χ0n) is 17.7. The van der Waals surface area contributed by atoms with Crippen LogP contribution in [-0.4, -0.2) is 63.6 Å². The zero-order valence-corrected chi connectivity index (χ0v) is 17.7. The van der Waals surface area contributed by atoms with Crippen LogP contribution in [0.1, 0.15) is 24.8 Å². The van der Waals surface area contributed by atoms with E-state index < -0.39 is 12.1 Å². The number of benzene rings is 1. The highest BCUT2D eigenvalue weighted by Crippen LogP contribution is 2.35. The summed E-state index contributed by atoms with van der Waals surface area (Å²) in [6.07, 6.45) is 1.21. The Morgan fingerprint density at radius 3 is 2.41 bits per heavy atom. The van der Waals surface area contributed by atoms with Crippen LogP contribution in [0.3, 0.4) is 0 Å². The van der Waals surface area contributed by atoms with Crippen molar-refractivity contribution in [2.75, 3.05) is 18.6 Å². The normalized spacial score (nSPS) is 21.0. The van der Waals surface area contributed by atoms with Gasteiger partial charge in [-0.15, -0.1) is 0 Å². The number of aromatic nitrogens is 2. The Kier molecular flexibility index (Phi) is 7.07. The third-order valence-electron chi connectivity index (χ3n) is 5.64. The maximum Gasteiger partial charge on any atom is 0.490 e. The van der Waals surface area contributed by atoms with Gasteiger partial charge in [0, 0.05) is 38.8 Å². The monoisotopic (exact) mass is 454 g/mol. The molecule has 2 aliphatic rings. The fourth-order valence-corrected chi connectivity index (χ4v) is 4.18. The Morgan fingerprint density at radius 2 is 1.88 bits per heavy atom. The first-order valence-corrected chi connectivity index (χ1v) is 10.1. The van der Waals surface area contributed by atoms with Crippen molar-refractivity contribution >= 4 is 17.6 Å². The standard InChI is InChI=1S/C19H24N4O2.C2HF3O2/c1-21-13-15(11-20-21)23-18-9-10-22(17(18)7-8-19(23)24)12-14-3-5-16(25-2)6-4-14;3-2(4,5)1(6)7/h3-6,11,13,17-18H,7-10,12H2,1-2H3;(H,6,7)/t17-,18-;/m1./s1. The van der Waals surface area contributed by atoms with Gasteiger partial charge in [-0.2, -0.15) is 18.3 Å². The van der Waals surface area contributed by atoms with Gasteiger partial charge in [-0.3, -0.25) is 14.4 Å². The predicted octanol–water partition coefficient (Wildman–Crippen LogP) is 2.83. The van der Waals surface area contributed by atoms with E-state index in [1.165, 1.54) is 5.56 Å². The minimum atomic E-state index is -5.08. The number of aryl methyl sites for hydroxylation is 1. The molecular formula is C21H25F3N4O4. The highest BCUT2D eigenvalue weighted by molar-refractivity contribution is 5.94. The lowest BCUT2D eigenvalue weighted by molar-refractivity contribution is -0.192. The lowest BCUT2D eigenvalue weighted by Gasteiger charge is -2.39. The molecule has 2 atom stereocenters. The summed E-state index contributed by atoms with van der Waals surface area (Å²) < 4.78 is 38.7. The lowest BCUT2D eigenvalue weighted by atomic mass is 9.95. The van der Waals surface area contributed by atoms with E-state index in [1.807, 2.05) is 30.3 Å². The quantitative estimate of drug-likeness (QED) is 0.765. The summed E-state index contributed by atoms with van der Waals surface area (Å²) in [7, 11) is 3.58. The van der Waals surface area contributed by atoms with Gasteiger partial charge in [-0.25, -0.2) is 4.79 Å². The van der Waals surface area contributed by atoms with Gasteiger partial charge < -0.3 is 14.7 Å². The molecule has 0 unspecified atom stereocenters. The van der Waals surface area contributed by atoms with Crippen molar-refractivity contribution in [1.29, 1.82) is 0 Å². The first-order valence-electron chi connectivity index (χ1n) is 10.1. The summed E-state index contributed by atoms with van der Waals surface area (Å²) in [4.78, 5) is 25.9. The molecule has 0 radical (unpaired) electrons. The number of carbonyl (C=O) groups excluding carboxylic acids is 1. The fraction of sp³-hybridized carbons (Fsp3) is 0.476. The van der Waals surface area contributed by atoms with Crippen LogP contribution < -0.4 is 9.64 Å². The average molecular weight is 454 g/mol. The van der Waals surface area contributed by atoms with Crippen LogP contribution in [0.25, 0.3) is 0 Å². The van der Waals surface area contributed by atoms with E-state index in [1.54, 1.807) is 18.0 Å². The van der Waals surface area contributed by atoms with Crippen LogP contribution >= 0.6 is 0 Å². The van der Waals surface area contributed by atoms with E-state index in [4.69, 9.17) is 14.6 Å². The molecule has 174 valence electrons. The lowest BCUT2D eigenvalue weighted by Crippen LogP contribution is -2.52. The van der Waals surface area contributed by atoms with E-state index >= 15 is 0 Å². The van der Waals surface area contributed by atoms with E-state index in [-0.39, 0.29) is 11.9 Å². The van der Waals surface area contributed by atoms with Gasteiger partial charge in [0.25, 0.3) is 0 Å². The largest absolute Gasteiger partial charge is 0.497 e. The van der Waals surface area contributed by atoms with E-state index in [9.17, 15) is 18.0 Å². The van der Waals surface area contributed by atoms with Crippen LogP contribution in [-0.2, 0) is 23.2 Å². The van der Waals surface area contributed by atoms with Crippen LogP contribution in [0.15, 0.2) is 36.7 Å². The maximum atomic E-state index is 12.5. The molecule has 2 saturated heterocycles. The number of carboxylic acids is 1. The number of methoxy groups -OCH3 is 1. The number of fused-ring (bicyclic) bond motifs is 1. The first-order chi connectivity index (χ1) is 15.1. The summed E-state index contributed by atoms with van der Waals surface area (Å²) >= 11 is 0. The summed E-state index contributed by atoms with van der Waals surface area (Å²) in [6, 6.07) is 8.94. The average Bonchev–Trinajstić information content (AvgIpc) is 3.34. The first kappa shape index (κ1) is 23.6. The number of piperidine rings is 1. The second-order valence-electron chi connectivity index (χ2n) is 7.72. The van der Waals surface area contributed by atoms with Crippen molar-refractivity contribution in [3.8, 4) is 5.75 Å². The van der Waals surface area contributed by atoms with E-state index in [2.05, 4.69) is 22.1 Å². The minimum Gasteiger partial charge on any atom is -0.497 e. The number of rotatable bonds is 4. The number of ether oxygens (including phenoxy) is 1. The molecule has 8 nitrogen and oxygen atoms in total. The number of anilines is 1. The van der Waals surface area contributed by atoms with Gasteiger partial charge in [0.05, 0.1) is 25.0 Å².